The molecular formula is C21H24ClN5O. The van der Waals surface area contributed by atoms with Crippen LogP contribution in [0, 0.1) is 0 Å². The predicted molar refractivity (Wildman–Crippen MR) is 113 cm³/mol. The Kier molecular flexibility index (Phi) is 5.50. The van der Waals surface area contributed by atoms with Gasteiger partial charge in [0.05, 0.1) is 11.0 Å². The van der Waals surface area contributed by atoms with E-state index in [-0.39, 0.29) is 5.91 Å². The number of rotatable bonds is 5. The molecule has 0 unspecified atom stereocenters. The van der Waals surface area contributed by atoms with Crippen LogP contribution in [0.5, 0.6) is 0 Å². The van der Waals surface area contributed by atoms with E-state index in [2.05, 4.69) is 20.5 Å². The van der Waals surface area contributed by atoms with Gasteiger partial charge in [-0.25, -0.2) is 4.98 Å². The van der Waals surface area contributed by atoms with E-state index in [0.29, 0.717) is 23.6 Å². The fourth-order valence-electron chi connectivity index (χ4n) is 3.65. The minimum Gasteiger partial charge on any atom is -0.352 e. The molecule has 1 amide bonds. The zero-order valence-corrected chi connectivity index (χ0v) is 16.6. The van der Waals surface area contributed by atoms with Gasteiger partial charge in [0.15, 0.2) is 0 Å². The van der Waals surface area contributed by atoms with E-state index >= 15 is 0 Å². The molecule has 1 aliphatic rings. The summed E-state index contributed by atoms with van der Waals surface area (Å²) in [6.45, 7) is 6.21. The Bertz CT molecular complexity index is 994. The number of carbonyl (C=O) groups is 1. The number of H-pyrrole nitrogens is 1. The zero-order valence-electron chi connectivity index (χ0n) is 15.9. The van der Waals surface area contributed by atoms with E-state index in [0.717, 1.165) is 54.3 Å². The maximum atomic E-state index is 12.7. The monoisotopic (exact) mass is 397 g/mol. The van der Waals surface area contributed by atoms with Crippen molar-refractivity contribution in [3.63, 3.8) is 0 Å². The summed E-state index contributed by atoms with van der Waals surface area (Å²) in [6.07, 6.45) is 0.605. The average Bonchev–Trinajstić information content (AvgIpc) is 3.14. The van der Waals surface area contributed by atoms with Crippen molar-refractivity contribution in [2.24, 2.45) is 0 Å². The van der Waals surface area contributed by atoms with Crippen molar-refractivity contribution in [3.8, 4) is 0 Å². The van der Waals surface area contributed by atoms with Gasteiger partial charge in [-0.05, 0) is 42.3 Å². The highest BCUT2D eigenvalue weighted by Gasteiger charge is 2.20. The van der Waals surface area contributed by atoms with Gasteiger partial charge in [-0.3, -0.25) is 4.79 Å². The van der Waals surface area contributed by atoms with E-state index in [1.54, 1.807) is 0 Å². The van der Waals surface area contributed by atoms with Gasteiger partial charge in [0.2, 0.25) is 5.95 Å². The number of anilines is 1. The van der Waals surface area contributed by atoms with Crippen LogP contribution in [0.25, 0.3) is 11.0 Å². The first-order valence-electron chi connectivity index (χ1n) is 9.65. The molecule has 0 atom stereocenters. The molecule has 0 saturated carbocycles. The largest absolute Gasteiger partial charge is 0.352 e. The second kappa shape index (κ2) is 8.20. The minimum absolute atomic E-state index is 0.0697. The molecule has 1 aliphatic heterocycles. The number of piperazine rings is 1. The van der Waals surface area contributed by atoms with Crippen LogP contribution in [0.15, 0.2) is 36.4 Å². The third-order valence-electron chi connectivity index (χ3n) is 5.02. The molecule has 0 radical (unpaired) electrons. The minimum atomic E-state index is -0.0697. The number of amides is 1. The predicted octanol–water partition coefficient (Wildman–Crippen LogP) is 2.97. The highest BCUT2D eigenvalue weighted by atomic mass is 35.5. The van der Waals surface area contributed by atoms with Crippen molar-refractivity contribution in [3.05, 3.63) is 58.1 Å². The molecule has 7 heteroatoms. The standard InChI is InChI=1S/C21H24ClN5O/c1-2-24-20(28)16-6-7-18-19(17(16)13-14-4-3-5-15(22)12-14)26-21(25-18)27-10-8-23-9-11-27/h3-7,12,23H,2,8-11,13H2,1H3,(H,24,28)(H,25,26). The Morgan fingerprint density at radius 1 is 1.25 bits per heavy atom. The fraction of sp³-hybridized carbons (Fsp3) is 0.333. The Labute approximate surface area is 169 Å². The SMILES string of the molecule is CCNC(=O)c1ccc2nc(N3CCNCC3)[nH]c2c1Cc1cccc(Cl)c1. The van der Waals surface area contributed by atoms with Gasteiger partial charge < -0.3 is 20.5 Å². The first kappa shape index (κ1) is 18.8. The van der Waals surface area contributed by atoms with Gasteiger partial charge in [0.25, 0.3) is 5.91 Å². The number of hydrogen-bond acceptors (Lipinski definition) is 4. The highest BCUT2D eigenvalue weighted by Crippen LogP contribution is 2.27. The van der Waals surface area contributed by atoms with E-state index in [9.17, 15) is 4.79 Å². The number of imidazole rings is 1. The lowest BCUT2D eigenvalue weighted by Crippen LogP contribution is -2.44. The van der Waals surface area contributed by atoms with Gasteiger partial charge >= 0.3 is 0 Å². The summed E-state index contributed by atoms with van der Waals surface area (Å²) >= 11 is 6.18. The number of hydrogen-bond donors (Lipinski definition) is 3. The Balaban J connectivity index is 1.79. The van der Waals surface area contributed by atoms with Crippen LogP contribution in [-0.4, -0.2) is 48.6 Å². The lowest BCUT2D eigenvalue weighted by molar-refractivity contribution is 0.0955. The molecule has 2 heterocycles. The number of benzene rings is 2. The fourth-order valence-corrected chi connectivity index (χ4v) is 3.86. The molecule has 1 saturated heterocycles. The van der Waals surface area contributed by atoms with Crippen molar-refractivity contribution in [1.82, 2.24) is 20.6 Å². The van der Waals surface area contributed by atoms with Crippen LogP contribution in [0.1, 0.15) is 28.4 Å². The van der Waals surface area contributed by atoms with Crippen molar-refractivity contribution >= 4 is 34.5 Å². The van der Waals surface area contributed by atoms with E-state index in [1.807, 2.05) is 43.3 Å². The van der Waals surface area contributed by atoms with Gasteiger partial charge in [-0.15, -0.1) is 0 Å². The number of nitrogens with zero attached hydrogens (tertiary/aromatic N) is 2. The van der Waals surface area contributed by atoms with Crippen LogP contribution in [-0.2, 0) is 6.42 Å². The summed E-state index contributed by atoms with van der Waals surface area (Å²) in [5.74, 6) is 0.789. The molecule has 3 aromatic rings. The molecule has 1 aromatic heterocycles. The van der Waals surface area contributed by atoms with Gasteiger partial charge in [-0.2, -0.15) is 0 Å². The molecule has 6 nitrogen and oxygen atoms in total. The topological polar surface area (TPSA) is 73.1 Å². The first-order chi connectivity index (χ1) is 13.7. The van der Waals surface area contributed by atoms with Crippen LogP contribution in [0.2, 0.25) is 5.02 Å². The maximum absolute atomic E-state index is 12.7. The number of halogens is 1. The van der Waals surface area contributed by atoms with Crippen LogP contribution >= 0.6 is 11.6 Å². The van der Waals surface area contributed by atoms with Gasteiger partial charge in [0.1, 0.15) is 0 Å². The molecule has 0 aliphatic carbocycles. The summed E-state index contributed by atoms with van der Waals surface area (Å²) in [5, 5.41) is 6.96. The Hall–Kier alpha value is -2.57. The van der Waals surface area contributed by atoms with Gasteiger partial charge in [-0.1, -0.05) is 23.7 Å². The molecule has 3 N–H and O–H groups in total. The van der Waals surface area contributed by atoms with Crippen LogP contribution in [0.3, 0.4) is 0 Å². The third-order valence-corrected chi connectivity index (χ3v) is 5.26. The summed E-state index contributed by atoms with van der Waals surface area (Å²) < 4.78 is 0. The summed E-state index contributed by atoms with van der Waals surface area (Å²) in [6, 6.07) is 11.5. The van der Waals surface area contributed by atoms with Crippen molar-refractivity contribution in [1.29, 1.82) is 0 Å². The second-order valence-electron chi connectivity index (χ2n) is 6.95. The number of aromatic amines is 1. The molecule has 4 rings (SSSR count). The smallest absolute Gasteiger partial charge is 0.251 e. The lowest BCUT2D eigenvalue weighted by atomic mass is 9.97. The van der Waals surface area contributed by atoms with Crippen molar-refractivity contribution < 1.29 is 4.79 Å². The summed E-state index contributed by atoms with van der Waals surface area (Å²) in [5.41, 5.74) is 4.46. The summed E-state index contributed by atoms with van der Waals surface area (Å²) in [7, 11) is 0. The molecule has 1 fully saturated rings. The second-order valence-corrected chi connectivity index (χ2v) is 7.39. The molecule has 0 bridgehead atoms. The maximum Gasteiger partial charge on any atom is 0.251 e. The normalized spacial score (nSPS) is 14.4. The quantitative estimate of drug-likeness (QED) is 0.619. The lowest BCUT2D eigenvalue weighted by Gasteiger charge is -2.26. The van der Waals surface area contributed by atoms with E-state index in [1.165, 1.54) is 0 Å². The van der Waals surface area contributed by atoms with Crippen LogP contribution < -0.4 is 15.5 Å². The first-order valence-corrected chi connectivity index (χ1v) is 10.0. The number of fused-ring (bicyclic) bond motifs is 1. The summed E-state index contributed by atoms with van der Waals surface area (Å²) in [4.78, 5) is 23.2. The number of aromatic nitrogens is 2. The molecule has 0 spiro atoms. The number of carbonyl (C=O) groups excluding carboxylic acids is 1. The van der Waals surface area contributed by atoms with Crippen molar-refractivity contribution in [2.45, 2.75) is 13.3 Å². The third kappa shape index (κ3) is 3.84. The van der Waals surface area contributed by atoms with E-state index in [4.69, 9.17) is 16.6 Å². The molecule has 146 valence electrons. The Morgan fingerprint density at radius 3 is 2.82 bits per heavy atom. The van der Waals surface area contributed by atoms with Crippen molar-refractivity contribution in [2.75, 3.05) is 37.6 Å². The zero-order chi connectivity index (χ0) is 19.5. The van der Waals surface area contributed by atoms with E-state index < -0.39 is 0 Å². The molecular weight excluding hydrogens is 374 g/mol. The Morgan fingerprint density at radius 2 is 2.07 bits per heavy atom. The van der Waals surface area contributed by atoms with Gasteiger partial charge in [0, 0.05) is 49.7 Å². The number of nitrogens with one attached hydrogen (secondary N) is 3. The molecule has 2 aromatic carbocycles. The average molecular weight is 398 g/mol. The highest BCUT2D eigenvalue weighted by molar-refractivity contribution is 6.30. The van der Waals surface area contributed by atoms with Crippen LogP contribution in [0.4, 0.5) is 5.95 Å². The molecule has 28 heavy (non-hydrogen) atoms.